The van der Waals surface area contributed by atoms with Crippen LogP contribution in [-0.4, -0.2) is 56.5 Å². The van der Waals surface area contributed by atoms with E-state index in [2.05, 4.69) is 11.8 Å². The lowest BCUT2D eigenvalue weighted by molar-refractivity contribution is -0.387. The molecule has 0 N–H and O–H groups in total. The van der Waals surface area contributed by atoms with Gasteiger partial charge in [0, 0.05) is 19.2 Å². The molecule has 3 rings (SSSR count). The number of nitro groups is 1. The summed E-state index contributed by atoms with van der Waals surface area (Å²) in [5.74, 6) is 5.40. The summed E-state index contributed by atoms with van der Waals surface area (Å²) in [6, 6.07) is 11.6. The van der Waals surface area contributed by atoms with Crippen LogP contribution in [0.2, 0.25) is 0 Å². The molecule has 0 spiro atoms. The highest BCUT2D eigenvalue weighted by Gasteiger charge is 2.32. The number of hydrogen-bond acceptors (Lipinski definition) is 6. The smallest absolute Gasteiger partial charge is 0.258 e. The molecule has 0 atom stereocenters. The van der Waals surface area contributed by atoms with Crippen molar-refractivity contribution < 1.29 is 21.8 Å². The van der Waals surface area contributed by atoms with Crippen LogP contribution in [0.4, 0.5) is 5.69 Å². The maximum atomic E-state index is 13.0. The first-order valence-corrected chi connectivity index (χ1v) is 12.3. The molecule has 0 aliphatic carbocycles. The predicted octanol–water partition coefficient (Wildman–Crippen LogP) is 1.99. The molecule has 1 aliphatic heterocycles. The van der Waals surface area contributed by atoms with Crippen LogP contribution >= 0.6 is 0 Å². The molecule has 164 valence electrons. The monoisotopic (exact) mass is 463 g/mol. The summed E-state index contributed by atoms with van der Waals surface area (Å²) in [4.78, 5) is 10.2. The second-order valence-electron chi connectivity index (χ2n) is 6.92. The molecule has 0 radical (unpaired) electrons. The Balaban J connectivity index is 1.83. The molecule has 0 saturated carbocycles. The highest BCUT2D eigenvalue weighted by atomic mass is 32.2. The molecule has 2 aromatic rings. The number of sulfonamides is 2. The van der Waals surface area contributed by atoms with E-state index >= 15 is 0 Å². The van der Waals surface area contributed by atoms with Crippen molar-refractivity contribution in [1.82, 2.24) is 8.61 Å². The van der Waals surface area contributed by atoms with E-state index in [9.17, 15) is 26.9 Å². The number of nitrogens with zero attached hydrogens (tertiary/aromatic N) is 3. The van der Waals surface area contributed by atoms with Crippen LogP contribution in [0, 0.1) is 28.9 Å². The van der Waals surface area contributed by atoms with Gasteiger partial charge in [0.15, 0.2) is 4.90 Å². The summed E-state index contributed by atoms with van der Waals surface area (Å²) in [6.07, 6.45) is 0.203. The Morgan fingerprint density at radius 2 is 1.42 bits per heavy atom. The summed E-state index contributed by atoms with van der Waals surface area (Å²) in [5.41, 5.74) is 0.415. The highest BCUT2D eigenvalue weighted by Crippen LogP contribution is 2.26. The average molecular weight is 464 g/mol. The fourth-order valence-corrected chi connectivity index (χ4v) is 6.03. The zero-order valence-corrected chi connectivity index (χ0v) is 18.4. The van der Waals surface area contributed by atoms with Crippen molar-refractivity contribution in [1.29, 1.82) is 0 Å². The lowest BCUT2D eigenvalue weighted by atomic mass is 10.2. The Kier molecular flexibility index (Phi) is 6.76. The van der Waals surface area contributed by atoms with Gasteiger partial charge in [0.1, 0.15) is 0 Å². The van der Waals surface area contributed by atoms with Crippen molar-refractivity contribution in [3.63, 3.8) is 0 Å². The number of rotatable bonds is 5. The molecular weight excluding hydrogens is 442 g/mol. The van der Waals surface area contributed by atoms with Crippen molar-refractivity contribution in [3.8, 4) is 11.8 Å². The maximum Gasteiger partial charge on any atom is 0.289 e. The van der Waals surface area contributed by atoms with Crippen LogP contribution < -0.4 is 0 Å². The normalized spacial score (nSPS) is 16.4. The molecule has 0 amide bonds. The van der Waals surface area contributed by atoms with Crippen LogP contribution in [0.25, 0.3) is 0 Å². The molecule has 0 unspecified atom stereocenters. The van der Waals surface area contributed by atoms with Gasteiger partial charge in [0.25, 0.3) is 15.7 Å². The van der Waals surface area contributed by atoms with E-state index in [0.29, 0.717) is 0 Å². The fraction of sp³-hybridized carbons (Fsp3) is 0.300. The van der Waals surface area contributed by atoms with Crippen molar-refractivity contribution >= 4 is 25.7 Å². The topological polar surface area (TPSA) is 118 Å². The predicted molar refractivity (Wildman–Crippen MR) is 114 cm³/mol. The third-order valence-corrected chi connectivity index (χ3v) is 8.54. The molecule has 0 aromatic heterocycles. The zero-order chi connectivity index (χ0) is 22.6. The molecule has 11 heteroatoms. The Bertz CT molecular complexity index is 1250. The molecular formula is C20H21N3O6S2. The second kappa shape index (κ2) is 9.15. The van der Waals surface area contributed by atoms with Crippen LogP contribution in [0.15, 0.2) is 58.3 Å². The Morgan fingerprint density at radius 1 is 0.871 bits per heavy atom. The van der Waals surface area contributed by atoms with Crippen molar-refractivity contribution in [2.75, 3.05) is 26.2 Å². The number of nitro benzene ring substituents is 1. The van der Waals surface area contributed by atoms with E-state index in [-0.39, 0.29) is 37.5 Å². The van der Waals surface area contributed by atoms with Crippen molar-refractivity contribution in [3.05, 3.63) is 64.2 Å². The largest absolute Gasteiger partial charge is 0.289 e. The van der Waals surface area contributed by atoms with Crippen LogP contribution in [0.3, 0.4) is 0 Å². The van der Waals surface area contributed by atoms with Gasteiger partial charge in [-0.15, -0.1) is 0 Å². The van der Waals surface area contributed by atoms with Gasteiger partial charge in [0.05, 0.1) is 22.9 Å². The van der Waals surface area contributed by atoms with Gasteiger partial charge in [0.2, 0.25) is 10.0 Å². The number of aryl methyl sites for hydroxylation is 1. The summed E-state index contributed by atoms with van der Waals surface area (Å²) in [6.45, 7) is 1.63. The molecule has 31 heavy (non-hydrogen) atoms. The minimum absolute atomic E-state index is 0.0248. The van der Waals surface area contributed by atoms with Gasteiger partial charge in [-0.3, -0.25) is 10.1 Å². The minimum Gasteiger partial charge on any atom is -0.258 e. The molecule has 1 aliphatic rings. The standard InChI is InChI=1S/C20H21N3O6S2/c1-17-9-11-18(12-10-17)30(26,27)21-13-4-5-14-22(16-6-15-21)31(28,29)20-8-3-2-7-19(20)23(24)25/h2-3,7-12H,6,13-16H2,1H3. The molecule has 0 fully saturated rings. The summed E-state index contributed by atoms with van der Waals surface area (Å²) >= 11 is 0. The van der Waals surface area contributed by atoms with Gasteiger partial charge < -0.3 is 0 Å². The third kappa shape index (κ3) is 4.94. The lowest BCUT2D eigenvalue weighted by Gasteiger charge is -2.22. The third-order valence-electron chi connectivity index (χ3n) is 4.79. The first kappa shape index (κ1) is 22.9. The fourth-order valence-electron chi connectivity index (χ4n) is 3.10. The van der Waals surface area contributed by atoms with Crippen LogP contribution in [0.1, 0.15) is 12.0 Å². The van der Waals surface area contributed by atoms with Gasteiger partial charge in [-0.25, -0.2) is 16.8 Å². The molecule has 9 nitrogen and oxygen atoms in total. The van der Waals surface area contributed by atoms with Gasteiger partial charge in [-0.05, 0) is 31.5 Å². The van der Waals surface area contributed by atoms with E-state index in [4.69, 9.17) is 0 Å². The maximum absolute atomic E-state index is 13.0. The number of benzene rings is 2. The summed E-state index contributed by atoms with van der Waals surface area (Å²) in [5, 5.41) is 11.3. The second-order valence-corrected chi connectivity index (χ2v) is 10.8. The van der Waals surface area contributed by atoms with Gasteiger partial charge in [-0.2, -0.15) is 8.61 Å². The van der Waals surface area contributed by atoms with E-state index in [1.165, 1.54) is 34.6 Å². The van der Waals surface area contributed by atoms with Crippen molar-refractivity contribution in [2.24, 2.45) is 0 Å². The van der Waals surface area contributed by atoms with Crippen LogP contribution in [-0.2, 0) is 20.0 Å². The van der Waals surface area contributed by atoms with Gasteiger partial charge >= 0.3 is 0 Å². The lowest BCUT2D eigenvalue weighted by Crippen LogP contribution is -2.36. The average Bonchev–Trinajstić information content (AvgIpc) is 2.86. The van der Waals surface area contributed by atoms with E-state index in [0.717, 1.165) is 15.9 Å². The summed E-state index contributed by atoms with van der Waals surface area (Å²) in [7, 11) is -7.97. The van der Waals surface area contributed by atoms with Crippen molar-refractivity contribution in [2.45, 2.75) is 23.1 Å². The zero-order valence-electron chi connectivity index (χ0n) is 16.8. The molecule has 0 bridgehead atoms. The summed E-state index contributed by atoms with van der Waals surface area (Å²) < 4.78 is 54.2. The van der Waals surface area contributed by atoms with E-state index < -0.39 is 35.6 Å². The number of para-hydroxylation sites is 1. The Hall–Kier alpha value is -2.78. The first-order chi connectivity index (χ1) is 14.6. The van der Waals surface area contributed by atoms with E-state index in [1.54, 1.807) is 12.1 Å². The quantitative estimate of drug-likeness (QED) is 0.380. The minimum atomic E-state index is -4.18. The number of hydrogen-bond donors (Lipinski definition) is 0. The Morgan fingerprint density at radius 3 is 2.00 bits per heavy atom. The van der Waals surface area contributed by atoms with Crippen LogP contribution in [0.5, 0.6) is 0 Å². The highest BCUT2D eigenvalue weighted by molar-refractivity contribution is 7.89. The molecule has 1 heterocycles. The Labute approximate surface area is 181 Å². The van der Waals surface area contributed by atoms with E-state index in [1.807, 2.05) is 6.92 Å². The molecule has 2 aromatic carbocycles. The van der Waals surface area contributed by atoms with Gasteiger partial charge in [-0.1, -0.05) is 41.7 Å². The first-order valence-electron chi connectivity index (χ1n) is 9.40. The molecule has 0 saturated heterocycles. The SMILES string of the molecule is Cc1ccc(S(=O)(=O)N2CC#CCN(S(=O)(=O)c3ccccc3[N+](=O)[O-])CCC2)cc1.